The Kier molecular flexibility index (Phi) is 5.02. The number of nitrogens with zero attached hydrogens (tertiary/aromatic N) is 3. The van der Waals surface area contributed by atoms with Crippen molar-refractivity contribution >= 4 is 34.5 Å². The number of nitrogens with one attached hydrogen (secondary N) is 2. The van der Waals surface area contributed by atoms with Crippen LogP contribution in [0.2, 0.25) is 0 Å². The SMILES string of the molecule is CC(=O)Nc1ccc(C=NNc2nc(C(F)(F)F)nc3ccccc23)cc1. The van der Waals surface area contributed by atoms with Gasteiger partial charge < -0.3 is 5.32 Å². The van der Waals surface area contributed by atoms with Crippen LogP contribution >= 0.6 is 0 Å². The molecule has 0 radical (unpaired) electrons. The number of carbonyl (C=O) groups is 1. The molecule has 1 aromatic heterocycles. The average Bonchev–Trinajstić information content (AvgIpc) is 2.62. The molecule has 0 spiro atoms. The van der Waals surface area contributed by atoms with Gasteiger partial charge in [-0.05, 0) is 29.8 Å². The van der Waals surface area contributed by atoms with Gasteiger partial charge in [0.15, 0.2) is 5.82 Å². The lowest BCUT2D eigenvalue weighted by molar-refractivity contribution is -0.144. The Hall–Kier alpha value is -3.49. The van der Waals surface area contributed by atoms with E-state index in [4.69, 9.17) is 0 Å². The molecule has 0 atom stereocenters. The number of hydrazone groups is 1. The smallest absolute Gasteiger partial charge is 0.326 e. The maximum absolute atomic E-state index is 13.0. The largest absolute Gasteiger partial charge is 0.451 e. The van der Waals surface area contributed by atoms with Crippen molar-refractivity contribution < 1.29 is 18.0 Å². The molecule has 0 unspecified atom stereocenters. The lowest BCUT2D eigenvalue weighted by Gasteiger charge is -2.09. The minimum absolute atomic E-state index is 0.0426. The van der Waals surface area contributed by atoms with E-state index >= 15 is 0 Å². The summed E-state index contributed by atoms with van der Waals surface area (Å²) in [4.78, 5) is 18.1. The fourth-order valence-corrected chi connectivity index (χ4v) is 2.31. The second-order valence-corrected chi connectivity index (χ2v) is 5.58. The van der Waals surface area contributed by atoms with E-state index in [9.17, 15) is 18.0 Å². The molecule has 1 heterocycles. The van der Waals surface area contributed by atoms with Crippen molar-refractivity contribution in [3.05, 3.63) is 59.9 Å². The van der Waals surface area contributed by atoms with E-state index in [-0.39, 0.29) is 17.2 Å². The summed E-state index contributed by atoms with van der Waals surface area (Å²) in [7, 11) is 0. The lowest BCUT2D eigenvalue weighted by Crippen LogP contribution is -2.12. The highest BCUT2D eigenvalue weighted by atomic mass is 19.4. The normalized spacial score (nSPS) is 11.7. The van der Waals surface area contributed by atoms with Gasteiger partial charge in [-0.1, -0.05) is 24.3 Å². The molecule has 2 aromatic carbocycles. The number of fused-ring (bicyclic) bond motifs is 1. The number of rotatable bonds is 4. The monoisotopic (exact) mass is 373 g/mol. The van der Waals surface area contributed by atoms with Crippen LogP contribution in [0.25, 0.3) is 10.9 Å². The van der Waals surface area contributed by atoms with Crippen molar-refractivity contribution in [2.45, 2.75) is 13.1 Å². The van der Waals surface area contributed by atoms with Gasteiger partial charge in [-0.3, -0.25) is 10.2 Å². The molecule has 138 valence electrons. The summed E-state index contributed by atoms with van der Waals surface area (Å²) >= 11 is 0. The molecule has 3 rings (SSSR count). The lowest BCUT2D eigenvalue weighted by atomic mass is 10.2. The average molecular weight is 373 g/mol. The third-order valence-electron chi connectivity index (χ3n) is 3.47. The predicted molar refractivity (Wildman–Crippen MR) is 96.5 cm³/mol. The standard InChI is InChI=1S/C18H14F3N5O/c1-11(27)23-13-8-6-12(7-9-13)10-22-26-16-14-4-2-3-5-15(14)24-17(25-16)18(19,20)21/h2-10H,1H3,(H,23,27)(H,24,25,26). The Morgan fingerprint density at radius 2 is 1.78 bits per heavy atom. The Morgan fingerprint density at radius 3 is 2.44 bits per heavy atom. The number of hydrogen-bond acceptors (Lipinski definition) is 5. The fraction of sp³-hybridized carbons (Fsp3) is 0.111. The van der Waals surface area contributed by atoms with Crippen LogP contribution in [0.1, 0.15) is 18.3 Å². The summed E-state index contributed by atoms with van der Waals surface area (Å²) in [5, 5.41) is 7.01. The van der Waals surface area contributed by atoms with Gasteiger partial charge in [0.2, 0.25) is 11.7 Å². The Bertz CT molecular complexity index is 1000. The van der Waals surface area contributed by atoms with Crippen LogP contribution in [0.5, 0.6) is 0 Å². The van der Waals surface area contributed by atoms with Gasteiger partial charge in [0.25, 0.3) is 0 Å². The van der Waals surface area contributed by atoms with Crippen LogP contribution in [0.3, 0.4) is 0 Å². The van der Waals surface area contributed by atoms with Gasteiger partial charge in [0.05, 0.1) is 11.7 Å². The molecule has 3 aromatic rings. The Labute approximate surface area is 152 Å². The van der Waals surface area contributed by atoms with Crippen LogP contribution in [0, 0.1) is 0 Å². The number of alkyl halides is 3. The first kappa shape index (κ1) is 18.3. The maximum atomic E-state index is 13.0. The van der Waals surface area contributed by atoms with Crippen LogP contribution in [-0.2, 0) is 11.0 Å². The number of carbonyl (C=O) groups excluding carboxylic acids is 1. The summed E-state index contributed by atoms with van der Waals surface area (Å²) < 4.78 is 39.0. The number of aromatic nitrogens is 2. The molecule has 0 aliphatic carbocycles. The van der Waals surface area contributed by atoms with E-state index in [1.807, 2.05) is 0 Å². The molecule has 6 nitrogen and oxygen atoms in total. The third-order valence-corrected chi connectivity index (χ3v) is 3.47. The first-order chi connectivity index (χ1) is 12.8. The third kappa shape index (κ3) is 4.57. The number of hydrogen-bond donors (Lipinski definition) is 2. The number of benzene rings is 2. The highest BCUT2D eigenvalue weighted by molar-refractivity contribution is 5.91. The van der Waals surface area contributed by atoms with E-state index in [2.05, 4.69) is 25.8 Å². The van der Waals surface area contributed by atoms with Crippen LogP contribution in [-0.4, -0.2) is 22.1 Å². The second-order valence-electron chi connectivity index (χ2n) is 5.58. The van der Waals surface area contributed by atoms with Gasteiger partial charge in [-0.2, -0.15) is 18.3 Å². The Morgan fingerprint density at radius 1 is 1.07 bits per heavy atom. The highest BCUT2D eigenvalue weighted by Crippen LogP contribution is 2.30. The number of anilines is 2. The van der Waals surface area contributed by atoms with E-state index in [0.29, 0.717) is 16.6 Å². The maximum Gasteiger partial charge on any atom is 0.451 e. The van der Waals surface area contributed by atoms with Crippen LogP contribution in [0.4, 0.5) is 24.7 Å². The van der Waals surface area contributed by atoms with Gasteiger partial charge in [-0.15, -0.1) is 0 Å². The number of amides is 1. The zero-order chi connectivity index (χ0) is 19.4. The minimum atomic E-state index is -4.66. The van der Waals surface area contributed by atoms with Crippen molar-refractivity contribution in [3.8, 4) is 0 Å². The van der Waals surface area contributed by atoms with Crippen molar-refractivity contribution in [3.63, 3.8) is 0 Å². The molecule has 2 N–H and O–H groups in total. The van der Waals surface area contributed by atoms with E-state index in [0.717, 1.165) is 0 Å². The molecule has 27 heavy (non-hydrogen) atoms. The van der Waals surface area contributed by atoms with E-state index in [1.54, 1.807) is 42.5 Å². The first-order valence-electron chi connectivity index (χ1n) is 7.83. The first-order valence-corrected chi connectivity index (χ1v) is 7.83. The fourth-order valence-electron chi connectivity index (χ4n) is 2.31. The summed E-state index contributed by atoms with van der Waals surface area (Å²) in [6.45, 7) is 1.40. The zero-order valence-electron chi connectivity index (χ0n) is 14.1. The number of halogens is 3. The van der Waals surface area contributed by atoms with E-state index in [1.165, 1.54) is 19.2 Å². The molecule has 0 aliphatic rings. The highest BCUT2D eigenvalue weighted by Gasteiger charge is 2.35. The van der Waals surface area contributed by atoms with Crippen molar-refractivity contribution in [2.24, 2.45) is 5.10 Å². The predicted octanol–water partition coefficient (Wildman–Crippen LogP) is 4.05. The van der Waals surface area contributed by atoms with Gasteiger partial charge in [0, 0.05) is 18.0 Å². The number of para-hydroxylation sites is 1. The van der Waals surface area contributed by atoms with Crippen LogP contribution < -0.4 is 10.7 Å². The van der Waals surface area contributed by atoms with Crippen molar-refractivity contribution in [2.75, 3.05) is 10.7 Å². The summed E-state index contributed by atoms with van der Waals surface area (Å²) in [6.07, 6.45) is -3.23. The zero-order valence-corrected chi connectivity index (χ0v) is 14.1. The van der Waals surface area contributed by atoms with Gasteiger partial charge in [0.1, 0.15) is 0 Å². The van der Waals surface area contributed by atoms with Crippen LogP contribution in [0.15, 0.2) is 53.6 Å². The van der Waals surface area contributed by atoms with Crippen molar-refractivity contribution in [1.29, 1.82) is 0 Å². The molecule has 9 heteroatoms. The van der Waals surface area contributed by atoms with Crippen molar-refractivity contribution in [1.82, 2.24) is 9.97 Å². The summed E-state index contributed by atoms with van der Waals surface area (Å²) in [5.41, 5.74) is 4.02. The second kappa shape index (κ2) is 7.40. The topological polar surface area (TPSA) is 79.3 Å². The molecular weight excluding hydrogens is 359 g/mol. The van der Waals surface area contributed by atoms with Gasteiger partial charge in [-0.25, -0.2) is 9.97 Å². The molecule has 0 aliphatic heterocycles. The molecular formula is C18H14F3N5O. The quantitative estimate of drug-likeness (QED) is 0.534. The molecule has 0 fully saturated rings. The molecule has 0 bridgehead atoms. The minimum Gasteiger partial charge on any atom is -0.326 e. The Balaban J connectivity index is 1.83. The molecule has 1 amide bonds. The summed E-state index contributed by atoms with van der Waals surface area (Å²) in [5.74, 6) is -1.47. The molecule has 0 saturated heterocycles. The van der Waals surface area contributed by atoms with Gasteiger partial charge >= 0.3 is 6.18 Å². The molecule has 0 saturated carbocycles. The van der Waals surface area contributed by atoms with E-state index < -0.39 is 12.0 Å². The summed E-state index contributed by atoms with van der Waals surface area (Å²) in [6, 6.07) is 13.1.